The first-order chi connectivity index (χ1) is 8.68. The van der Waals surface area contributed by atoms with Gasteiger partial charge in [-0.05, 0) is 37.9 Å². The number of amides is 1. The predicted molar refractivity (Wildman–Crippen MR) is 76.3 cm³/mol. The number of halogens is 1. The molecule has 0 spiro atoms. The molecule has 1 saturated heterocycles. The molecule has 0 bridgehead atoms. The van der Waals surface area contributed by atoms with Crippen LogP contribution in [0.25, 0.3) is 0 Å². The molecule has 1 aromatic rings. The molecule has 2 rings (SSSR count). The second-order valence-corrected chi connectivity index (χ2v) is 5.61. The number of carbonyl (C=O) groups is 1. The molecule has 1 fully saturated rings. The van der Waals surface area contributed by atoms with E-state index in [4.69, 9.17) is 0 Å². The Morgan fingerprint density at radius 2 is 2.22 bits per heavy atom. The fourth-order valence-electron chi connectivity index (χ4n) is 2.29. The van der Waals surface area contributed by atoms with Crippen LogP contribution in [0.2, 0.25) is 0 Å². The number of carbonyl (C=O) groups excluding carboxylic acids is 1. The third-order valence-corrected chi connectivity index (χ3v) is 4.08. The molecule has 2 N–H and O–H groups in total. The molecule has 1 amide bonds. The molecule has 0 aromatic heterocycles. The van der Waals surface area contributed by atoms with E-state index in [0.717, 1.165) is 29.4 Å². The first kappa shape index (κ1) is 13.6. The monoisotopic (exact) mass is 310 g/mol. The zero-order chi connectivity index (χ0) is 13.0. The SMILES string of the molecule is C[C@H](NC(=O)[C@@H]1CCCCN1)c1ccccc1Br. The van der Waals surface area contributed by atoms with Crippen LogP contribution >= 0.6 is 15.9 Å². The highest BCUT2D eigenvalue weighted by Gasteiger charge is 2.22. The Hall–Kier alpha value is -0.870. The van der Waals surface area contributed by atoms with Gasteiger partial charge >= 0.3 is 0 Å². The number of hydrogen-bond donors (Lipinski definition) is 2. The fourth-order valence-corrected chi connectivity index (χ4v) is 2.92. The maximum atomic E-state index is 12.1. The first-order valence-electron chi connectivity index (χ1n) is 6.46. The van der Waals surface area contributed by atoms with Gasteiger partial charge in [-0.25, -0.2) is 0 Å². The highest BCUT2D eigenvalue weighted by Crippen LogP contribution is 2.23. The normalized spacial score (nSPS) is 21.3. The van der Waals surface area contributed by atoms with Crippen LogP contribution in [-0.2, 0) is 4.79 Å². The van der Waals surface area contributed by atoms with E-state index in [9.17, 15) is 4.79 Å². The standard InChI is InChI=1S/C14H19BrN2O/c1-10(11-6-2-3-7-12(11)15)17-14(18)13-8-4-5-9-16-13/h2-3,6-7,10,13,16H,4-5,8-9H2,1H3,(H,17,18)/t10-,13-/m0/s1. The van der Waals surface area contributed by atoms with E-state index < -0.39 is 0 Å². The van der Waals surface area contributed by atoms with Gasteiger partial charge in [-0.1, -0.05) is 40.5 Å². The summed E-state index contributed by atoms with van der Waals surface area (Å²) in [6, 6.07) is 7.99. The Balaban J connectivity index is 1.96. The molecule has 1 heterocycles. The molecule has 3 nitrogen and oxygen atoms in total. The number of benzene rings is 1. The molecular weight excluding hydrogens is 292 g/mol. The van der Waals surface area contributed by atoms with Gasteiger partial charge in [-0.2, -0.15) is 0 Å². The average molecular weight is 311 g/mol. The molecule has 0 saturated carbocycles. The van der Waals surface area contributed by atoms with Gasteiger partial charge in [0.05, 0.1) is 12.1 Å². The molecule has 1 aliphatic heterocycles. The lowest BCUT2D eigenvalue weighted by Crippen LogP contribution is -2.47. The van der Waals surface area contributed by atoms with E-state index in [1.165, 1.54) is 6.42 Å². The van der Waals surface area contributed by atoms with Crippen LogP contribution in [-0.4, -0.2) is 18.5 Å². The van der Waals surface area contributed by atoms with Gasteiger partial charge in [0.15, 0.2) is 0 Å². The molecule has 2 atom stereocenters. The van der Waals surface area contributed by atoms with Gasteiger partial charge in [0, 0.05) is 4.47 Å². The number of hydrogen-bond acceptors (Lipinski definition) is 2. The van der Waals surface area contributed by atoms with E-state index in [1.807, 2.05) is 31.2 Å². The van der Waals surface area contributed by atoms with Crippen molar-refractivity contribution in [2.24, 2.45) is 0 Å². The molecule has 4 heteroatoms. The Labute approximate surface area is 116 Å². The third-order valence-electron chi connectivity index (χ3n) is 3.36. The van der Waals surface area contributed by atoms with Gasteiger partial charge in [0.25, 0.3) is 0 Å². The minimum atomic E-state index is -0.0244. The van der Waals surface area contributed by atoms with Crippen LogP contribution in [0, 0.1) is 0 Å². The maximum Gasteiger partial charge on any atom is 0.237 e. The summed E-state index contributed by atoms with van der Waals surface area (Å²) in [7, 11) is 0. The fraction of sp³-hybridized carbons (Fsp3) is 0.500. The quantitative estimate of drug-likeness (QED) is 0.901. The number of piperidine rings is 1. The van der Waals surface area contributed by atoms with Crippen molar-refractivity contribution in [3.8, 4) is 0 Å². The Kier molecular flexibility index (Phi) is 4.78. The first-order valence-corrected chi connectivity index (χ1v) is 7.26. The van der Waals surface area contributed by atoms with Gasteiger partial charge < -0.3 is 10.6 Å². The van der Waals surface area contributed by atoms with Crippen molar-refractivity contribution in [3.05, 3.63) is 34.3 Å². The molecule has 18 heavy (non-hydrogen) atoms. The summed E-state index contributed by atoms with van der Waals surface area (Å²) in [4.78, 5) is 12.1. The maximum absolute atomic E-state index is 12.1. The van der Waals surface area contributed by atoms with Crippen LogP contribution in [0.5, 0.6) is 0 Å². The summed E-state index contributed by atoms with van der Waals surface area (Å²) >= 11 is 3.52. The van der Waals surface area contributed by atoms with Crippen molar-refractivity contribution in [1.29, 1.82) is 0 Å². The van der Waals surface area contributed by atoms with Crippen LogP contribution in [0.1, 0.15) is 37.8 Å². The lowest BCUT2D eigenvalue weighted by atomic mass is 10.0. The topological polar surface area (TPSA) is 41.1 Å². The summed E-state index contributed by atoms with van der Waals surface area (Å²) < 4.78 is 1.04. The highest BCUT2D eigenvalue weighted by atomic mass is 79.9. The van der Waals surface area contributed by atoms with E-state index in [-0.39, 0.29) is 18.0 Å². The second kappa shape index (κ2) is 6.34. The largest absolute Gasteiger partial charge is 0.348 e. The Morgan fingerprint density at radius 3 is 2.89 bits per heavy atom. The predicted octanol–water partition coefficient (Wildman–Crippen LogP) is 2.77. The highest BCUT2D eigenvalue weighted by molar-refractivity contribution is 9.10. The van der Waals surface area contributed by atoms with Crippen molar-refractivity contribution in [2.75, 3.05) is 6.54 Å². The van der Waals surface area contributed by atoms with Crippen LogP contribution in [0.3, 0.4) is 0 Å². The zero-order valence-corrected chi connectivity index (χ0v) is 12.2. The molecule has 0 aliphatic carbocycles. The van der Waals surface area contributed by atoms with Crippen molar-refractivity contribution >= 4 is 21.8 Å². The minimum Gasteiger partial charge on any atom is -0.348 e. The number of nitrogens with one attached hydrogen (secondary N) is 2. The van der Waals surface area contributed by atoms with Crippen LogP contribution in [0.4, 0.5) is 0 Å². The van der Waals surface area contributed by atoms with E-state index in [1.54, 1.807) is 0 Å². The van der Waals surface area contributed by atoms with Crippen molar-refractivity contribution in [2.45, 2.75) is 38.3 Å². The summed E-state index contributed by atoms with van der Waals surface area (Å²) in [6.45, 7) is 2.96. The lowest BCUT2D eigenvalue weighted by molar-refractivity contribution is -0.124. The Bertz CT molecular complexity index is 416. The van der Waals surface area contributed by atoms with Gasteiger partial charge in [-0.15, -0.1) is 0 Å². The minimum absolute atomic E-state index is 0.0244. The van der Waals surface area contributed by atoms with E-state index >= 15 is 0 Å². The smallest absolute Gasteiger partial charge is 0.237 e. The van der Waals surface area contributed by atoms with Crippen molar-refractivity contribution in [1.82, 2.24) is 10.6 Å². The Morgan fingerprint density at radius 1 is 1.44 bits per heavy atom. The van der Waals surface area contributed by atoms with Gasteiger partial charge in [-0.3, -0.25) is 4.79 Å². The number of rotatable bonds is 3. The summed E-state index contributed by atoms with van der Waals surface area (Å²) in [5, 5.41) is 6.34. The lowest BCUT2D eigenvalue weighted by Gasteiger charge is -2.25. The van der Waals surface area contributed by atoms with Crippen LogP contribution < -0.4 is 10.6 Å². The molecule has 0 radical (unpaired) electrons. The zero-order valence-electron chi connectivity index (χ0n) is 10.6. The summed E-state index contributed by atoms with van der Waals surface area (Å²) in [5.41, 5.74) is 1.11. The second-order valence-electron chi connectivity index (χ2n) is 4.75. The van der Waals surface area contributed by atoms with Crippen LogP contribution in [0.15, 0.2) is 28.7 Å². The molecule has 0 unspecified atom stereocenters. The molecule has 1 aliphatic rings. The van der Waals surface area contributed by atoms with E-state index in [2.05, 4.69) is 26.6 Å². The van der Waals surface area contributed by atoms with Gasteiger partial charge in [0.2, 0.25) is 5.91 Å². The van der Waals surface area contributed by atoms with Crippen molar-refractivity contribution < 1.29 is 4.79 Å². The molecular formula is C14H19BrN2O. The third kappa shape index (κ3) is 3.33. The van der Waals surface area contributed by atoms with Gasteiger partial charge in [0.1, 0.15) is 0 Å². The molecule has 1 aromatic carbocycles. The van der Waals surface area contributed by atoms with E-state index in [0.29, 0.717) is 0 Å². The molecule has 98 valence electrons. The summed E-state index contributed by atoms with van der Waals surface area (Å²) in [5.74, 6) is 0.109. The summed E-state index contributed by atoms with van der Waals surface area (Å²) in [6.07, 6.45) is 3.24. The average Bonchev–Trinajstić information content (AvgIpc) is 2.40. The van der Waals surface area contributed by atoms with Crippen molar-refractivity contribution in [3.63, 3.8) is 0 Å².